The van der Waals surface area contributed by atoms with Crippen molar-refractivity contribution >= 4 is 5.69 Å². The number of hydrogen-bond acceptors (Lipinski definition) is 1. The third kappa shape index (κ3) is 3.88. The predicted molar refractivity (Wildman–Crippen MR) is 140 cm³/mol. The largest absolute Gasteiger partial charge is 0.372 e. The Morgan fingerprint density at radius 2 is 1.88 bits per heavy atom. The summed E-state index contributed by atoms with van der Waals surface area (Å²) in [6.45, 7) is 16.3. The monoisotopic (exact) mass is 433 g/mol. The molecule has 3 aliphatic carbocycles. The minimum Gasteiger partial charge on any atom is -0.372 e. The maximum Gasteiger partial charge on any atom is 0.0366 e. The summed E-state index contributed by atoms with van der Waals surface area (Å²) in [5.74, 6) is 3.23. The molecule has 6 atom stereocenters. The quantitative estimate of drug-likeness (QED) is 0.433. The molecule has 4 rings (SSSR count). The van der Waals surface area contributed by atoms with E-state index < -0.39 is 0 Å². The number of anilines is 1. The SMILES string of the molecule is C=C/C=C1/CCC2C3CCCC3(C)CC(c3ccc(N(C)C(C)C)cc3)C2C1(C)CCC. The molecule has 0 aromatic heterocycles. The van der Waals surface area contributed by atoms with E-state index >= 15 is 0 Å². The average molecular weight is 434 g/mol. The van der Waals surface area contributed by atoms with E-state index in [0.717, 1.165) is 17.8 Å². The second-order valence-corrected chi connectivity index (χ2v) is 12.1. The van der Waals surface area contributed by atoms with Crippen molar-refractivity contribution < 1.29 is 0 Å². The highest BCUT2D eigenvalue weighted by Crippen LogP contribution is 2.68. The van der Waals surface area contributed by atoms with Crippen LogP contribution in [0.5, 0.6) is 0 Å². The zero-order valence-corrected chi connectivity index (χ0v) is 21.7. The zero-order valence-electron chi connectivity index (χ0n) is 21.7. The number of benzene rings is 1. The van der Waals surface area contributed by atoms with E-state index in [4.69, 9.17) is 0 Å². The maximum absolute atomic E-state index is 4.09. The van der Waals surface area contributed by atoms with E-state index in [-0.39, 0.29) is 0 Å². The van der Waals surface area contributed by atoms with E-state index in [9.17, 15) is 0 Å². The van der Waals surface area contributed by atoms with Crippen LogP contribution in [0.25, 0.3) is 0 Å². The van der Waals surface area contributed by atoms with Crippen LogP contribution in [0.2, 0.25) is 0 Å². The Morgan fingerprint density at radius 3 is 2.50 bits per heavy atom. The Labute approximate surface area is 198 Å². The zero-order chi connectivity index (χ0) is 23.1. The maximum atomic E-state index is 4.09. The Hall–Kier alpha value is -1.50. The van der Waals surface area contributed by atoms with Crippen molar-refractivity contribution in [3.05, 3.63) is 54.1 Å². The van der Waals surface area contributed by atoms with Gasteiger partial charge in [-0.2, -0.15) is 0 Å². The summed E-state index contributed by atoms with van der Waals surface area (Å²) in [5.41, 5.74) is 5.45. The van der Waals surface area contributed by atoms with Gasteiger partial charge in [0.1, 0.15) is 0 Å². The molecule has 0 radical (unpaired) electrons. The molecule has 32 heavy (non-hydrogen) atoms. The van der Waals surface area contributed by atoms with Crippen LogP contribution in [0.1, 0.15) is 97.5 Å². The van der Waals surface area contributed by atoms with Crippen LogP contribution in [0, 0.1) is 28.6 Å². The molecule has 3 aliphatic rings. The highest BCUT2D eigenvalue weighted by atomic mass is 15.1. The number of hydrogen-bond donors (Lipinski definition) is 0. The van der Waals surface area contributed by atoms with Crippen LogP contribution < -0.4 is 4.90 Å². The molecule has 3 fully saturated rings. The predicted octanol–water partition coefficient (Wildman–Crippen LogP) is 8.77. The highest BCUT2D eigenvalue weighted by molar-refractivity contribution is 5.48. The van der Waals surface area contributed by atoms with Crippen LogP contribution in [0.15, 0.2) is 48.6 Å². The lowest BCUT2D eigenvalue weighted by atomic mass is 9.44. The van der Waals surface area contributed by atoms with Crippen LogP contribution >= 0.6 is 0 Å². The van der Waals surface area contributed by atoms with Crippen LogP contribution in [0.4, 0.5) is 5.69 Å². The third-order valence-electron chi connectivity index (χ3n) is 10.1. The molecule has 0 N–H and O–H groups in total. The van der Waals surface area contributed by atoms with Crippen molar-refractivity contribution in [1.29, 1.82) is 0 Å². The molecule has 1 aromatic rings. The fourth-order valence-electron chi connectivity index (χ4n) is 8.38. The molecular formula is C31H47N. The first-order valence-corrected chi connectivity index (χ1v) is 13.4. The minimum atomic E-state index is 0.299. The van der Waals surface area contributed by atoms with Gasteiger partial charge in [0.05, 0.1) is 0 Å². The van der Waals surface area contributed by atoms with Gasteiger partial charge in [-0.25, -0.2) is 0 Å². The molecule has 0 amide bonds. The second-order valence-electron chi connectivity index (χ2n) is 12.1. The van der Waals surface area contributed by atoms with E-state index in [0.29, 0.717) is 22.8 Å². The molecule has 1 nitrogen and oxygen atoms in total. The van der Waals surface area contributed by atoms with Crippen LogP contribution in [-0.4, -0.2) is 13.1 Å². The second kappa shape index (κ2) is 9.03. The van der Waals surface area contributed by atoms with Crippen molar-refractivity contribution in [2.24, 2.45) is 28.6 Å². The molecular weight excluding hydrogens is 386 g/mol. The minimum absolute atomic E-state index is 0.299. The van der Waals surface area contributed by atoms with Gasteiger partial charge in [-0.15, -0.1) is 0 Å². The van der Waals surface area contributed by atoms with Crippen LogP contribution in [-0.2, 0) is 0 Å². The number of nitrogens with zero attached hydrogens (tertiary/aromatic N) is 1. The lowest BCUT2D eigenvalue weighted by Crippen LogP contribution is -2.51. The molecule has 0 saturated heterocycles. The van der Waals surface area contributed by atoms with Gasteiger partial charge < -0.3 is 4.90 Å². The first-order chi connectivity index (χ1) is 15.2. The highest BCUT2D eigenvalue weighted by Gasteiger charge is 2.58. The van der Waals surface area contributed by atoms with E-state index in [1.165, 1.54) is 57.1 Å². The Morgan fingerprint density at radius 1 is 1.16 bits per heavy atom. The average Bonchev–Trinajstić information content (AvgIpc) is 3.16. The Bertz CT molecular complexity index is 833. The molecule has 6 unspecified atom stereocenters. The Kier molecular flexibility index (Phi) is 6.68. The first kappa shape index (κ1) is 23.7. The summed E-state index contributed by atoms with van der Waals surface area (Å²) >= 11 is 0. The van der Waals surface area contributed by atoms with Crippen molar-refractivity contribution in [1.82, 2.24) is 0 Å². The molecule has 0 aliphatic heterocycles. The number of rotatable bonds is 6. The molecule has 0 heterocycles. The topological polar surface area (TPSA) is 3.24 Å². The number of allylic oxidation sites excluding steroid dienone is 3. The van der Waals surface area contributed by atoms with Crippen molar-refractivity contribution in [2.75, 3.05) is 11.9 Å². The van der Waals surface area contributed by atoms with Gasteiger partial charge in [0.15, 0.2) is 0 Å². The van der Waals surface area contributed by atoms with Gasteiger partial charge in [-0.05, 0) is 105 Å². The smallest absolute Gasteiger partial charge is 0.0366 e. The Balaban J connectivity index is 1.78. The third-order valence-corrected chi connectivity index (χ3v) is 10.1. The van der Waals surface area contributed by atoms with E-state index in [1.54, 1.807) is 11.1 Å². The van der Waals surface area contributed by atoms with E-state index in [1.807, 2.05) is 0 Å². The van der Waals surface area contributed by atoms with Crippen molar-refractivity contribution in [3.63, 3.8) is 0 Å². The fraction of sp³-hybridized carbons (Fsp3) is 0.677. The lowest BCUT2D eigenvalue weighted by Gasteiger charge is -2.60. The van der Waals surface area contributed by atoms with Crippen molar-refractivity contribution in [3.8, 4) is 0 Å². The molecule has 0 spiro atoms. The lowest BCUT2D eigenvalue weighted by molar-refractivity contribution is -0.0504. The fourth-order valence-corrected chi connectivity index (χ4v) is 8.38. The summed E-state index contributed by atoms with van der Waals surface area (Å²) in [4.78, 5) is 2.38. The molecule has 0 bridgehead atoms. The summed E-state index contributed by atoms with van der Waals surface area (Å²) in [7, 11) is 2.21. The van der Waals surface area contributed by atoms with Gasteiger partial charge >= 0.3 is 0 Å². The summed E-state index contributed by atoms with van der Waals surface area (Å²) in [5, 5.41) is 0. The molecule has 1 heteroatoms. The van der Waals surface area contributed by atoms with Gasteiger partial charge in [-0.1, -0.05) is 70.0 Å². The van der Waals surface area contributed by atoms with Gasteiger partial charge in [0.25, 0.3) is 0 Å². The molecule has 1 aromatic carbocycles. The molecule has 176 valence electrons. The van der Waals surface area contributed by atoms with Crippen LogP contribution in [0.3, 0.4) is 0 Å². The normalized spacial score (nSPS) is 37.9. The summed E-state index contributed by atoms with van der Waals surface area (Å²) in [6, 6.07) is 10.2. The van der Waals surface area contributed by atoms with Gasteiger partial charge in [0.2, 0.25) is 0 Å². The summed E-state index contributed by atoms with van der Waals surface area (Å²) < 4.78 is 0. The van der Waals surface area contributed by atoms with Gasteiger partial charge in [0, 0.05) is 18.8 Å². The molecule has 3 saturated carbocycles. The standard InChI is InChI=1S/C31H47N/c1-8-11-24-15-18-26-28-12-10-20-30(28,5)21-27(29(26)31(24,6)19-9-2)23-13-16-25(17-14-23)32(7)22(3)4/h8,11,13-14,16-17,22,26-29H,1,9-10,12,15,18-21H2,2-7H3/b24-11-. The summed E-state index contributed by atoms with van der Waals surface area (Å²) in [6.07, 6.45) is 15.4. The van der Waals surface area contributed by atoms with Crippen molar-refractivity contribution in [2.45, 2.75) is 97.9 Å². The first-order valence-electron chi connectivity index (χ1n) is 13.4. The van der Waals surface area contributed by atoms with E-state index in [2.05, 4.69) is 89.6 Å². The van der Waals surface area contributed by atoms with Gasteiger partial charge in [-0.3, -0.25) is 0 Å². The number of fused-ring (bicyclic) bond motifs is 3.